The molecule has 0 saturated carbocycles. The van der Waals surface area contributed by atoms with Crippen LogP contribution < -0.4 is 22.1 Å². The summed E-state index contributed by atoms with van der Waals surface area (Å²) in [6.45, 7) is 6.23. The van der Waals surface area contributed by atoms with Gasteiger partial charge in [0.25, 0.3) is 5.91 Å². The molecule has 4 rings (SSSR count). The molecule has 1 amide bonds. The van der Waals surface area contributed by atoms with Crippen LogP contribution in [-0.4, -0.2) is 44.9 Å². The first kappa shape index (κ1) is 30.9. The van der Waals surface area contributed by atoms with Crippen LogP contribution in [0.2, 0.25) is 5.02 Å². The Bertz CT molecular complexity index is 1630. The molecule has 0 aliphatic carbocycles. The van der Waals surface area contributed by atoms with Crippen LogP contribution in [0, 0.1) is 11.2 Å². The van der Waals surface area contributed by atoms with Crippen LogP contribution in [0.15, 0.2) is 53.5 Å². The normalized spacial score (nSPS) is 12.7. The number of aromatic amines is 1. The highest BCUT2D eigenvalue weighted by molar-refractivity contribution is 6.31. The van der Waals surface area contributed by atoms with Gasteiger partial charge in [0.2, 0.25) is 0 Å². The number of aromatic nitrogens is 3. The molecule has 0 spiro atoms. The van der Waals surface area contributed by atoms with Crippen molar-refractivity contribution in [1.29, 1.82) is 5.41 Å². The van der Waals surface area contributed by atoms with Gasteiger partial charge in [-0.25, -0.2) is 9.18 Å². The molecule has 2 aromatic heterocycles. The van der Waals surface area contributed by atoms with E-state index in [1.165, 1.54) is 4.57 Å². The Morgan fingerprint density at radius 1 is 1.21 bits per heavy atom. The summed E-state index contributed by atoms with van der Waals surface area (Å²) in [5.74, 6) is -0.369. The summed E-state index contributed by atoms with van der Waals surface area (Å²) in [6, 6.07) is 11.9. The van der Waals surface area contributed by atoms with E-state index in [4.69, 9.17) is 22.7 Å². The zero-order chi connectivity index (χ0) is 30.4. The third-order valence-electron chi connectivity index (χ3n) is 7.13. The smallest absolute Gasteiger partial charge is 0.354 e. The van der Waals surface area contributed by atoms with Gasteiger partial charge in [-0.05, 0) is 94.0 Å². The molecule has 2 heterocycles. The largest absolute Gasteiger partial charge is 0.374 e. The number of hydrogen-bond donors (Lipinski definition) is 5. The predicted molar refractivity (Wildman–Crippen MR) is 166 cm³/mol. The first-order chi connectivity index (χ1) is 20.0. The average molecular weight is 594 g/mol. The van der Waals surface area contributed by atoms with Crippen molar-refractivity contribution in [3.8, 4) is 16.9 Å². The maximum atomic E-state index is 15.1. The molecule has 9 nitrogen and oxygen atoms in total. The quantitative estimate of drug-likeness (QED) is 0.111. The second-order valence-electron chi connectivity index (χ2n) is 10.7. The van der Waals surface area contributed by atoms with Crippen LogP contribution >= 0.6 is 11.6 Å². The average Bonchev–Trinajstić information content (AvgIpc) is 3.36. The van der Waals surface area contributed by atoms with E-state index in [2.05, 4.69) is 20.6 Å². The highest BCUT2D eigenvalue weighted by Gasteiger charge is 2.16. The van der Waals surface area contributed by atoms with E-state index < -0.39 is 11.5 Å². The van der Waals surface area contributed by atoms with Crippen molar-refractivity contribution in [3.63, 3.8) is 0 Å². The second kappa shape index (κ2) is 13.8. The van der Waals surface area contributed by atoms with Gasteiger partial charge in [-0.1, -0.05) is 18.5 Å². The van der Waals surface area contributed by atoms with Crippen LogP contribution in [0.4, 0.5) is 4.39 Å². The summed E-state index contributed by atoms with van der Waals surface area (Å²) >= 11 is 6.22. The van der Waals surface area contributed by atoms with E-state index in [0.717, 1.165) is 24.8 Å². The highest BCUT2D eigenvalue weighted by atomic mass is 35.5. The van der Waals surface area contributed by atoms with Gasteiger partial charge in [0.1, 0.15) is 5.65 Å². The number of benzene rings is 2. The van der Waals surface area contributed by atoms with Crippen LogP contribution in [0.25, 0.3) is 28.0 Å². The molecule has 0 aliphatic rings. The molecular weight excluding hydrogens is 557 g/mol. The summed E-state index contributed by atoms with van der Waals surface area (Å²) in [4.78, 5) is 32.9. The highest BCUT2D eigenvalue weighted by Crippen LogP contribution is 2.31. The Morgan fingerprint density at radius 2 is 1.95 bits per heavy atom. The van der Waals surface area contributed by atoms with Gasteiger partial charge in [-0.2, -0.15) is 4.98 Å². The number of hydrogen-bond acceptors (Lipinski definition) is 5. The van der Waals surface area contributed by atoms with Gasteiger partial charge in [-0.15, -0.1) is 0 Å². The van der Waals surface area contributed by atoms with Crippen molar-refractivity contribution < 1.29 is 9.18 Å². The summed E-state index contributed by atoms with van der Waals surface area (Å²) < 4.78 is 16.4. The Labute approximate surface area is 249 Å². The van der Waals surface area contributed by atoms with Gasteiger partial charge in [0.15, 0.2) is 5.82 Å². The summed E-state index contributed by atoms with van der Waals surface area (Å²) in [5, 5.41) is 14.1. The zero-order valence-electron chi connectivity index (χ0n) is 24.1. The van der Waals surface area contributed by atoms with E-state index in [-0.39, 0.29) is 23.0 Å². The zero-order valence-corrected chi connectivity index (χ0v) is 24.8. The molecular formula is C31H37ClFN7O2. The van der Waals surface area contributed by atoms with Crippen LogP contribution in [0.1, 0.15) is 62.4 Å². The third-order valence-corrected chi connectivity index (χ3v) is 7.40. The molecule has 2 aromatic carbocycles. The number of amidine groups is 1. The SMILES string of the molecule is CC[C@@H](CCNC(C)=N)NC(=O)c1ccc(-n2cc3cc(-c4cc(CCC[C@H](C)N)cc(Cl)c4F)[nH]c3nc2=O)cc1. The number of aryl methyl sites for hydroxylation is 1. The van der Waals surface area contributed by atoms with Gasteiger partial charge in [0, 0.05) is 41.3 Å². The first-order valence-electron chi connectivity index (χ1n) is 14.1. The second-order valence-corrected chi connectivity index (χ2v) is 11.1. The van der Waals surface area contributed by atoms with Gasteiger partial charge >= 0.3 is 5.69 Å². The lowest BCUT2D eigenvalue weighted by molar-refractivity contribution is 0.0934. The minimum atomic E-state index is -0.547. The number of H-pyrrole nitrogens is 1. The molecule has 6 N–H and O–H groups in total. The minimum absolute atomic E-state index is 0.0296. The van der Waals surface area contributed by atoms with Crippen molar-refractivity contribution in [2.24, 2.45) is 5.73 Å². The number of rotatable bonds is 12. The number of nitrogens with two attached hydrogens (primary N) is 1. The number of carbonyl (C=O) groups excluding carboxylic acids is 1. The fourth-order valence-corrected chi connectivity index (χ4v) is 5.03. The minimum Gasteiger partial charge on any atom is -0.374 e. The van der Waals surface area contributed by atoms with Gasteiger partial charge < -0.3 is 21.4 Å². The monoisotopic (exact) mass is 593 g/mol. The molecule has 222 valence electrons. The molecule has 4 aromatic rings. The molecule has 0 saturated heterocycles. The Balaban J connectivity index is 1.54. The lowest BCUT2D eigenvalue weighted by Gasteiger charge is -2.17. The molecule has 0 radical (unpaired) electrons. The lowest BCUT2D eigenvalue weighted by Crippen LogP contribution is -2.37. The van der Waals surface area contributed by atoms with E-state index in [1.54, 1.807) is 55.6 Å². The van der Waals surface area contributed by atoms with Crippen LogP contribution in [-0.2, 0) is 6.42 Å². The summed E-state index contributed by atoms with van der Waals surface area (Å²) in [7, 11) is 0. The van der Waals surface area contributed by atoms with E-state index in [1.807, 2.05) is 13.8 Å². The van der Waals surface area contributed by atoms with Gasteiger partial charge in [0.05, 0.1) is 22.2 Å². The number of fused-ring (bicyclic) bond motifs is 1. The number of nitrogens with zero attached hydrogens (tertiary/aromatic N) is 2. The maximum absolute atomic E-state index is 15.1. The first-order valence-corrected chi connectivity index (χ1v) is 14.5. The number of halogens is 2. The van der Waals surface area contributed by atoms with Crippen LogP contribution in [0.5, 0.6) is 0 Å². The van der Waals surface area contributed by atoms with Crippen molar-refractivity contribution in [1.82, 2.24) is 25.2 Å². The molecule has 42 heavy (non-hydrogen) atoms. The number of nitrogens with one attached hydrogen (secondary N) is 4. The standard InChI is InChI=1S/C31H37ClFN7O2/c1-4-23(12-13-36-19(3)35)37-30(41)21-8-10-24(11-9-21)40-17-22-16-27(38-29(22)39-31(40)42)25-14-20(7-5-6-18(2)34)15-26(32)28(25)33/h8-11,14-18,23H,4-7,12-13,34H2,1-3H3,(H2,35,36)(H,37,41)(H,38,39,42)/t18-,23-/m0/s1. The van der Waals surface area contributed by atoms with E-state index in [9.17, 15) is 9.59 Å². The fourth-order valence-electron chi connectivity index (χ4n) is 4.79. The van der Waals surface area contributed by atoms with Crippen molar-refractivity contribution >= 4 is 34.4 Å². The van der Waals surface area contributed by atoms with E-state index in [0.29, 0.717) is 58.8 Å². The fraction of sp³-hybridized carbons (Fsp3) is 0.355. The van der Waals surface area contributed by atoms with Crippen molar-refractivity contribution in [2.45, 2.75) is 65.0 Å². The molecule has 0 unspecified atom stereocenters. The third kappa shape index (κ3) is 7.63. The van der Waals surface area contributed by atoms with E-state index >= 15 is 4.39 Å². The predicted octanol–water partition coefficient (Wildman–Crippen LogP) is 5.33. The van der Waals surface area contributed by atoms with Gasteiger partial charge in [-0.3, -0.25) is 14.8 Å². The number of amides is 1. The summed E-state index contributed by atoms with van der Waals surface area (Å²) in [5.41, 5.74) is 8.34. The molecule has 0 fully saturated rings. The van der Waals surface area contributed by atoms with Crippen molar-refractivity contribution in [2.75, 3.05) is 6.54 Å². The Hall–Kier alpha value is -4.02. The Kier molecular flexibility index (Phi) is 10.1. The Morgan fingerprint density at radius 3 is 2.62 bits per heavy atom. The molecule has 2 atom stereocenters. The number of carbonyl (C=O) groups is 1. The van der Waals surface area contributed by atoms with Crippen LogP contribution in [0.3, 0.4) is 0 Å². The lowest BCUT2D eigenvalue weighted by atomic mass is 10.0. The molecule has 0 bridgehead atoms. The molecule has 0 aliphatic heterocycles. The summed E-state index contributed by atoms with van der Waals surface area (Å²) in [6.07, 6.45) is 5.51. The topological polar surface area (TPSA) is 142 Å². The maximum Gasteiger partial charge on any atom is 0.354 e. The van der Waals surface area contributed by atoms with Crippen molar-refractivity contribution in [3.05, 3.63) is 81.1 Å². The molecule has 11 heteroatoms.